The van der Waals surface area contributed by atoms with E-state index in [2.05, 4.69) is 35.2 Å². The van der Waals surface area contributed by atoms with Crippen LogP contribution in [0, 0.1) is 20.0 Å². The molecule has 0 aliphatic rings. The summed E-state index contributed by atoms with van der Waals surface area (Å²) in [6.45, 7) is 4.06. The van der Waals surface area contributed by atoms with Crippen LogP contribution in [0.3, 0.4) is 0 Å². The molecule has 0 aliphatic carbocycles. The van der Waals surface area contributed by atoms with Gasteiger partial charge in [0.15, 0.2) is 0 Å². The van der Waals surface area contributed by atoms with E-state index in [1.807, 2.05) is 19.1 Å². The SMILES string of the molecule is Cc1c[c-]nc(Cc2ccccc2C)n1.[Y+3]. The summed E-state index contributed by atoms with van der Waals surface area (Å²) < 4.78 is 0. The number of benzene rings is 1. The Morgan fingerprint density at radius 2 is 1.94 bits per heavy atom. The molecule has 1 heterocycles. The van der Waals surface area contributed by atoms with Crippen molar-refractivity contribution in [2.24, 2.45) is 0 Å². The molecule has 0 saturated carbocycles. The molecule has 0 radical (unpaired) electrons. The van der Waals surface area contributed by atoms with E-state index in [1.165, 1.54) is 11.1 Å². The van der Waals surface area contributed by atoms with E-state index in [9.17, 15) is 0 Å². The molecule has 2 aromatic rings. The third-order valence-electron chi connectivity index (χ3n) is 2.38. The molecule has 16 heavy (non-hydrogen) atoms. The van der Waals surface area contributed by atoms with Gasteiger partial charge >= 0.3 is 32.7 Å². The second-order valence-corrected chi connectivity index (χ2v) is 3.66. The minimum Gasteiger partial charge on any atom is -0.373 e. The normalized spacial score (nSPS) is 9.62. The van der Waals surface area contributed by atoms with Crippen molar-refractivity contribution in [2.45, 2.75) is 20.3 Å². The predicted molar refractivity (Wildman–Crippen MR) is 59.6 cm³/mol. The Balaban J connectivity index is 0.00000128. The first-order valence-corrected chi connectivity index (χ1v) is 5.01. The van der Waals surface area contributed by atoms with E-state index >= 15 is 0 Å². The Morgan fingerprint density at radius 3 is 2.62 bits per heavy atom. The first-order valence-electron chi connectivity index (χ1n) is 5.01. The fourth-order valence-corrected chi connectivity index (χ4v) is 1.52. The van der Waals surface area contributed by atoms with Gasteiger partial charge in [0.1, 0.15) is 0 Å². The van der Waals surface area contributed by atoms with Gasteiger partial charge in [-0.2, -0.15) is 0 Å². The van der Waals surface area contributed by atoms with E-state index in [-0.39, 0.29) is 32.7 Å². The van der Waals surface area contributed by atoms with Crippen LogP contribution in [0.15, 0.2) is 30.3 Å². The van der Waals surface area contributed by atoms with Crippen molar-refractivity contribution >= 4 is 0 Å². The molecule has 2 nitrogen and oxygen atoms in total. The van der Waals surface area contributed by atoms with Gasteiger partial charge in [-0.05, 0) is 24.5 Å². The first-order chi connectivity index (χ1) is 7.25. The van der Waals surface area contributed by atoms with Crippen LogP contribution in [0.25, 0.3) is 0 Å². The van der Waals surface area contributed by atoms with Crippen molar-refractivity contribution < 1.29 is 32.7 Å². The zero-order valence-corrected chi connectivity index (χ0v) is 12.4. The van der Waals surface area contributed by atoms with Crippen LogP contribution < -0.4 is 0 Å². The van der Waals surface area contributed by atoms with Gasteiger partial charge in [-0.1, -0.05) is 43.1 Å². The Labute approximate surface area is 121 Å². The number of aromatic nitrogens is 2. The third-order valence-corrected chi connectivity index (χ3v) is 2.38. The zero-order chi connectivity index (χ0) is 10.7. The second kappa shape index (κ2) is 6.22. The van der Waals surface area contributed by atoms with Crippen LogP contribution in [-0.2, 0) is 39.1 Å². The standard InChI is InChI=1S/C13H13N2.Y/c1-10-5-3-4-6-12(10)9-13-14-8-7-11(2)15-13;/h3-7H,9H2,1-2H3;/q-1;+3. The van der Waals surface area contributed by atoms with Crippen LogP contribution >= 0.6 is 0 Å². The molecule has 0 bridgehead atoms. The Bertz CT molecular complexity index is 469. The molecule has 0 fully saturated rings. The number of hydrogen-bond donors (Lipinski definition) is 0. The van der Waals surface area contributed by atoms with Crippen LogP contribution in [0.2, 0.25) is 0 Å². The van der Waals surface area contributed by atoms with Crippen LogP contribution in [0.5, 0.6) is 0 Å². The molecule has 76 valence electrons. The largest absolute Gasteiger partial charge is 3.00 e. The molecule has 0 unspecified atom stereocenters. The summed E-state index contributed by atoms with van der Waals surface area (Å²) in [6, 6.07) is 10.1. The molecule has 0 aliphatic heterocycles. The smallest absolute Gasteiger partial charge is 0.373 e. The average Bonchev–Trinajstić information content (AvgIpc) is 2.22. The topological polar surface area (TPSA) is 25.8 Å². The summed E-state index contributed by atoms with van der Waals surface area (Å²) >= 11 is 0. The summed E-state index contributed by atoms with van der Waals surface area (Å²) in [7, 11) is 0. The maximum absolute atomic E-state index is 4.37. The molecule has 2 rings (SSSR count). The van der Waals surface area contributed by atoms with E-state index in [0.29, 0.717) is 0 Å². The van der Waals surface area contributed by atoms with E-state index in [1.54, 1.807) is 6.07 Å². The second-order valence-electron chi connectivity index (χ2n) is 3.66. The minimum atomic E-state index is 0. The maximum atomic E-state index is 4.37. The number of nitrogens with zero attached hydrogens (tertiary/aromatic N) is 2. The van der Waals surface area contributed by atoms with Crippen LogP contribution in [-0.4, -0.2) is 9.97 Å². The molecule has 1 aromatic carbocycles. The molecule has 0 N–H and O–H groups in total. The van der Waals surface area contributed by atoms with Gasteiger partial charge in [0.2, 0.25) is 0 Å². The van der Waals surface area contributed by atoms with Crippen molar-refractivity contribution in [1.29, 1.82) is 0 Å². The Morgan fingerprint density at radius 1 is 1.19 bits per heavy atom. The van der Waals surface area contributed by atoms with Crippen LogP contribution in [0.4, 0.5) is 0 Å². The molecule has 3 heteroatoms. The molecular formula is C13H13N2Y+2. The quantitative estimate of drug-likeness (QED) is 0.793. The van der Waals surface area contributed by atoms with Crippen molar-refractivity contribution in [2.75, 3.05) is 0 Å². The molecule has 0 amide bonds. The fraction of sp³-hybridized carbons (Fsp3) is 0.231. The first kappa shape index (κ1) is 13.5. The van der Waals surface area contributed by atoms with Gasteiger partial charge in [-0.25, -0.2) is 0 Å². The monoisotopic (exact) mass is 286 g/mol. The van der Waals surface area contributed by atoms with Gasteiger partial charge in [0.05, 0.1) is 0 Å². The van der Waals surface area contributed by atoms with Crippen LogP contribution in [0.1, 0.15) is 22.6 Å². The van der Waals surface area contributed by atoms with E-state index in [0.717, 1.165) is 17.9 Å². The van der Waals surface area contributed by atoms with Crippen molar-refractivity contribution in [3.63, 3.8) is 0 Å². The summed E-state index contributed by atoms with van der Waals surface area (Å²) in [6.07, 6.45) is 3.64. The Kier molecular flexibility index (Phi) is 5.23. The predicted octanol–water partition coefficient (Wildman–Crippen LogP) is 2.48. The summed E-state index contributed by atoms with van der Waals surface area (Å²) in [4.78, 5) is 8.51. The van der Waals surface area contributed by atoms with Gasteiger partial charge in [0.25, 0.3) is 0 Å². The third kappa shape index (κ3) is 3.46. The molecule has 0 spiro atoms. The van der Waals surface area contributed by atoms with Gasteiger partial charge in [-0.15, -0.1) is 6.07 Å². The Hall–Kier alpha value is -0.596. The summed E-state index contributed by atoms with van der Waals surface area (Å²) in [5.41, 5.74) is 3.52. The summed E-state index contributed by atoms with van der Waals surface area (Å²) in [5, 5.41) is 0. The zero-order valence-electron chi connectivity index (χ0n) is 9.57. The van der Waals surface area contributed by atoms with E-state index in [4.69, 9.17) is 0 Å². The van der Waals surface area contributed by atoms with Gasteiger partial charge in [-0.3, -0.25) is 0 Å². The summed E-state index contributed by atoms with van der Waals surface area (Å²) in [5.74, 6) is 0.837. The molecule has 1 aromatic heterocycles. The fourth-order valence-electron chi connectivity index (χ4n) is 1.52. The number of aryl methyl sites for hydroxylation is 2. The minimum absolute atomic E-state index is 0. The number of rotatable bonds is 2. The van der Waals surface area contributed by atoms with Crippen molar-refractivity contribution in [3.8, 4) is 0 Å². The van der Waals surface area contributed by atoms with Gasteiger partial charge in [0, 0.05) is 5.82 Å². The molecule has 0 saturated heterocycles. The molecule has 0 atom stereocenters. The van der Waals surface area contributed by atoms with E-state index < -0.39 is 0 Å². The molecular weight excluding hydrogens is 273 g/mol. The van der Waals surface area contributed by atoms with Crippen molar-refractivity contribution in [1.82, 2.24) is 9.97 Å². The average molecular weight is 286 g/mol. The maximum Gasteiger partial charge on any atom is 3.00 e. The van der Waals surface area contributed by atoms with Gasteiger partial charge < -0.3 is 9.97 Å². The number of hydrogen-bond acceptors (Lipinski definition) is 2. The van der Waals surface area contributed by atoms with Crippen molar-refractivity contribution in [3.05, 3.63) is 59.2 Å².